The fourth-order valence-corrected chi connectivity index (χ4v) is 2.12. The summed E-state index contributed by atoms with van der Waals surface area (Å²) in [6.45, 7) is 3.67. The Morgan fingerprint density at radius 1 is 1.44 bits per heavy atom. The molecule has 98 valence electrons. The average molecular weight is 316 g/mol. The molecule has 0 amide bonds. The number of nitrogens with one attached hydrogen (secondary N) is 1. The minimum Gasteiger partial charge on any atom is -0.379 e. The van der Waals surface area contributed by atoms with Gasteiger partial charge in [0.15, 0.2) is 0 Å². The summed E-state index contributed by atoms with van der Waals surface area (Å²) in [6.07, 6.45) is 0. The Morgan fingerprint density at radius 2 is 2.17 bits per heavy atom. The molecule has 7 heteroatoms. The van der Waals surface area contributed by atoms with E-state index in [0.29, 0.717) is 24.2 Å². The highest BCUT2D eigenvalue weighted by molar-refractivity contribution is 9.10. The lowest BCUT2D eigenvalue weighted by molar-refractivity contribution is -0.385. The van der Waals surface area contributed by atoms with Crippen LogP contribution >= 0.6 is 15.9 Å². The molecule has 1 aromatic carbocycles. The van der Waals surface area contributed by atoms with Crippen LogP contribution in [-0.4, -0.2) is 36.2 Å². The van der Waals surface area contributed by atoms with E-state index in [-0.39, 0.29) is 10.6 Å². The van der Waals surface area contributed by atoms with Crippen molar-refractivity contribution >= 4 is 21.6 Å². The monoisotopic (exact) mass is 315 g/mol. The van der Waals surface area contributed by atoms with Gasteiger partial charge < -0.3 is 4.74 Å². The van der Waals surface area contributed by atoms with Crippen molar-refractivity contribution in [2.24, 2.45) is 0 Å². The second-order valence-electron chi connectivity index (χ2n) is 3.98. The number of halogens is 1. The lowest BCUT2D eigenvalue weighted by Gasteiger charge is -2.27. The highest BCUT2D eigenvalue weighted by Crippen LogP contribution is 2.25. The first-order valence-corrected chi connectivity index (χ1v) is 6.45. The van der Waals surface area contributed by atoms with E-state index in [1.165, 1.54) is 0 Å². The average Bonchev–Trinajstić information content (AvgIpc) is 2.38. The standard InChI is InChI=1S/C11H14BrN3O3/c12-10-2-1-9(7-11(10)15(16)17)8-13-14-3-5-18-6-4-14/h1-2,7,13H,3-6,8H2. The fraction of sp³-hybridized carbons (Fsp3) is 0.455. The molecule has 1 saturated heterocycles. The number of morpholine rings is 1. The van der Waals surface area contributed by atoms with Crippen molar-refractivity contribution in [3.8, 4) is 0 Å². The largest absolute Gasteiger partial charge is 0.379 e. The summed E-state index contributed by atoms with van der Waals surface area (Å²) in [6, 6.07) is 5.15. The molecule has 1 heterocycles. The topological polar surface area (TPSA) is 67.6 Å². The molecular weight excluding hydrogens is 302 g/mol. The van der Waals surface area contributed by atoms with Gasteiger partial charge in [0.05, 0.1) is 22.6 Å². The maximum atomic E-state index is 10.8. The number of hydrazine groups is 1. The van der Waals surface area contributed by atoms with E-state index >= 15 is 0 Å². The van der Waals surface area contributed by atoms with E-state index in [4.69, 9.17) is 4.74 Å². The second-order valence-corrected chi connectivity index (χ2v) is 4.83. The summed E-state index contributed by atoms with van der Waals surface area (Å²) in [5.74, 6) is 0. The Labute approximate surface area is 113 Å². The third-order valence-corrected chi connectivity index (χ3v) is 3.40. The maximum Gasteiger partial charge on any atom is 0.283 e. The molecule has 18 heavy (non-hydrogen) atoms. The van der Waals surface area contributed by atoms with Crippen LogP contribution in [0.1, 0.15) is 5.56 Å². The van der Waals surface area contributed by atoms with Gasteiger partial charge in [-0.15, -0.1) is 0 Å². The summed E-state index contributed by atoms with van der Waals surface area (Å²) >= 11 is 3.17. The second kappa shape index (κ2) is 6.24. The zero-order valence-corrected chi connectivity index (χ0v) is 11.4. The molecule has 0 radical (unpaired) electrons. The number of nitro benzene ring substituents is 1. The molecule has 0 spiro atoms. The fourth-order valence-electron chi connectivity index (χ4n) is 1.73. The minimum atomic E-state index is -0.387. The van der Waals surface area contributed by atoms with Crippen molar-refractivity contribution in [1.29, 1.82) is 0 Å². The summed E-state index contributed by atoms with van der Waals surface area (Å²) in [4.78, 5) is 10.4. The van der Waals surface area contributed by atoms with Crippen molar-refractivity contribution in [3.63, 3.8) is 0 Å². The first-order chi connectivity index (χ1) is 8.66. The normalized spacial score (nSPS) is 16.7. The lowest BCUT2D eigenvalue weighted by Crippen LogP contribution is -2.45. The molecule has 1 aliphatic heterocycles. The first-order valence-electron chi connectivity index (χ1n) is 5.66. The van der Waals surface area contributed by atoms with Crippen LogP contribution < -0.4 is 5.43 Å². The number of hydrogen-bond donors (Lipinski definition) is 1. The molecule has 1 aromatic rings. The SMILES string of the molecule is O=[N+]([O-])c1cc(CNN2CCOCC2)ccc1Br. The van der Waals surface area contributed by atoms with Gasteiger partial charge in [-0.1, -0.05) is 6.07 Å². The Bertz CT molecular complexity index is 436. The Balaban J connectivity index is 1.96. The van der Waals surface area contributed by atoms with Crippen LogP contribution in [0.4, 0.5) is 5.69 Å². The number of rotatable bonds is 4. The third-order valence-electron chi connectivity index (χ3n) is 2.73. The highest BCUT2D eigenvalue weighted by Gasteiger charge is 2.13. The Hall–Kier alpha value is -1.02. The van der Waals surface area contributed by atoms with Gasteiger partial charge in [-0.25, -0.2) is 5.01 Å². The lowest BCUT2D eigenvalue weighted by atomic mass is 10.2. The zero-order valence-electron chi connectivity index (χ0n) is 9.76. The molecule has 6 nitrogen and oxygen atoms in total. The molecule has 0 aromatic heterocycles. The van der Waals surface area contributed by atoms with Gasteiger partial charge in [0.2, 0.25) is 0 Å². The summed E-state index contributed by atoms with van der Waals surface area (Å²) in [5, 5.41) is 12.9. The van der Waals surface area contributed by atoms with Crippen LogP contribution in [-0.2, 0) is 11.3 Å². The Morgan fingerprint density at radius 3 is 2.83 bits per heavy atom. The third kappa shape index (κ3) is 3.49. The molecule has 2 rings (SSSR count). The smallest absolute Gasteiger partial charge is 0.283 e. The van der Waals surface area contributed by atoms with E-state index in [1.54, 1.807) is 12.1 Å². The molecule has 0 saturated carbocycles. The van der Waals surface area contributed by atoms with E-state index in [0.717, 1.165) is 18.7 Å². The number of benzene rings is 1. The van der Waals surface area contributed by atoms with Crippen LogP contribution in [0.25, 0.3) is 0 Å². The van der Waals surface area contributed by atoms with Crippen LogP contribution in [0, 0.1) is 10.1 Å². The van der Waals surface area contributed by atoms with Crippen molar-refractivity contribution in [2.45, 2.75) is 6.54 Å². The van der Waals surface area contributed by atoms with Crippen molar-refractivity contribution in [2.75, 3.05) is 26.3 Å². The summed E-state index contributed by atoms with van der Waals surface area (Å²) in [7, 11) is 0. The molecular formula is C11H14BrN3O3. The van der Waals surface area contributed by atoms with Crippen LogP contribution in [0.15, 0.2) is 22.7 Å². The maximum absolute atomic E-state index is 10.8. The summed E-state index contributed by atoms with van der Waals surface area (Å²) < 4.78 is 5.74. The van der Waals surface area contributed by atoms with Gasteiger partial charge in [-0.05, 0) is 27.6 Å². The van der Waals surface area contributed by atoms with Crippen LogP contribution in [0.2, 0.25) is 0 Å². The predicted octanol–water partition coefficient (Wildman–Crippen LogP) is 1.69. The minimum absolute atomic E-state index is 0.0938. The summed E-state index contributed by atoms with van der Waals surface area (Å²) in [5.41, 5.74) is 4.22. The number of ether oxygens (including phenoxy) is 1. The van der Waals surface area contributed by atoms with Gasteiger partial charge in [0.25, 0.3) is 5.69 Å². The van der Waals surface area contributed by atoms with Crippen molar-refractivity contribution in [1.82, 2.24) is 10.4 Å². The molecule has 0 atom stereocenters. The van der Waals surface area contributed by atoms with Gasteiger partial charge >= 0.3 is 0 Å². The molecule has 0 bridgehead atoms. The van der Waals surface area contributed by atoms with Gasteiger partial charge in [0, 0.05) is 25.7 Å². The van der Waals surface area contributed by atoms with Crippen LogP contribution in [0.5, 0.6) is 0 Å². The first kappa shape index (κ1) is 13.4. The number of nitro groups is 1. The molecule has 1 fully saturated rings. The van der Waals surface area contributed by atoms with E-state index in [9.17, 15) is 10.1 Å². The molecule has 0 unspecified atom stereocenters. The number of hydrogen-bond acceptors (Lipinski definition) is 5. The zero-order chi connectivity index (χ0) is 13.0. The number of nitrogens with zero attached hydrogens (tertiary/aromatic N) is 2. The molecule has 0 aliphatic carbocycles. The molecule has 1 aliphatic rings. The van der Waals surface area contributed by atoms with Gasteiger partial charge in [-0.3, -0.25) is 15.5 Å². The van der Waals surface area contributed by atoms with Crippen LogP contribution in [0.3, 0.4) is 0 Å². The van der Waals surface area contributed by atoms with Gasteiger partial charge in [0.1, 0.15) is 0 Å². The van der Waals surface area contributed by atoms with Gasteiger partial charge in [-0.2, -0.15) is 0 Å². The highest BCUT2D eigenvalue weighted by atomic mass is 79.9. The van der Waals surface area contributed by atoms with Crippen molar-refractivity contribution in [3.05, 3.63) is 38.3 Å². The van der Waals surface area contributed by atoms with E-state index in [2.05, 4.69) is 26.4 Å². The quantitative estimate of drug-likeness (QED) is 0.676. The molecule has 1 N–H and O–H groups in total. The Kier molecular flexibility index (Phi) is 4.65. The van der Waals surface area contributed by atoms with Crippen molar-refractivity contribution < 1.29 is 9.66 Å². The van der Waals surface area contributed by atoms with E-state index < -0.39 is 0 Å². The van der Waals surface area contributed by atoms with E-state index in [1.807, 2.05) is 6.07 Å². The predicted molar refractivity (Wildman–Crippen MR) is 70.0 cm³/mol.